The summed E-state index contributed by atoms with van der Waals surface area (Å²) >= 11 is 6.04. The van der Waals surface area contributed by atoms with Crippen LogP contribution in [0.15, 0.2) is 24.3 Å². The lowest BCUT2D eigenvalue weighted by Crippen LogP contribution is -2.42. The third-order valence-electron chi connectivity index (χ3n) is 4.20. The van der Waals surface area contributed by atoms with Gasteiger partial charge in [-0.2, -0.15) is 0 Å². The first-order chi connectivity index (χ1) is 9.20. The molecule has 0 atom stereocenters. The van der Waals surface area contributed by atoms with E-state index < -0.39 is 0 Å². The summed E-state index contributed by atoms with van der Waals surface area (Å²) in [6.45, 7) is 1.89. The Kier molecular flexibility index (Phi) is 3.50. The van der Waals surface area contributed by atoms with Crippen molar-refractivity contribution < 1.29 is 4.79 Å². The number of rotatable bonds is 3. The fourth-order valence-electron chi connectivity index (χ4n) is 2.82. The van der Waals surface area contributed by atoms with Gasteiger partial charge in [-0.25, -0.2) is 0 Å². The number of hydrogen-bond donors (Lipinski definition) is 2. The Morgan fingerprint density at radius 3 is 2.68 bits per heavy atom. The SMILES string of the molecule is O=C(NC1(c2cccc(Cl)c2)CC1)C1CCNCC1. The van der Waals surface area contributed by atoms with Crippen molar-refractivity contribution in [3.63, 3.8) is 0 Å². The van der Waals surface area contributed by atoms with Gasteiger partial charge in [0.15, 0.2) is 0 Å². The van der Waals surface area contributed by atoms with Crippen LogP contribution < -0.4 is 10.6 Å². The van der Waals surface area contributed by atoms with E-state index in [0.29, 0.717) is 0 Å². The highest BCUT2D eigenvalue weighted by Gasteiger charge is 2.46. The van der Waals surface area contributed by atoms with Gasteiger partial charge in [0.05, 0.1) is 5.54 Å². The van der Waals surface area contributed by atoms with Crippen molar-refractivity contribution in [1.82, 2.24) is 10.6 Å². The van der Waals surface area contributed by atoms with Gasteiger partial charge >= 0.3 is 0 Å². The van der Waals surface area contributed by atoms with Gasteiger partial charge < -0.3 is 10.6 Å². The first kappa shape index (κ1) is 12.9. The monoisotopic (exact) mass is 278 g/mol. The Morgan fingerprint density at radius 1 is 1.32 bits per heavy atom. The lowest BCUT2D eigenvalue weighted by molar-refractivity contribution is -0.126. The molecular weight excluding hydrogens is 260 g/mol. The predicted molar refractivity (Wildman–Crippen MR) is 76.1 cm³/mol. The molecular formula is C15H19ClN2O. The largest absolute Gasteiger partial charge is 0.346 e. The number of carbonyl (C=O) groups excluding carboxylic acids is 1. The van der Waals surface area contributed by atoms with Crippen LogP contribution in [0, 0.1) is 5.92 Å². The minimum Gasteiger partial charge on any atom is -0.346 e. The molecule has 3 rings (SSSR count). The van der Waals surface area contributed by atoms with Crippen LogP contribution in [0.4, 0.5) is 0 Å². The Labute approximate surface area is 118 Å². The topological polar surface area (TPSA) is 41.1 Å². The lowest BCUT2D eigenvalue weighted by atomic mass is 9.95. The molecule has 2 aliphatic rings. The maximum Gasteiger partial charge on any atom is 0.223 e. The summed E-state index contributed by atoms with van der Waals surface area (Å²) in [5.41, 5.74) is 0.995. The second-order valence-corrected chi connectivity index (χ2v) is 6.04. The minimum absolute atomic E-state index is 0.146. The first-order valence-electron chi connectivity index (χ1n) is 6.98. The highest BCUT2D eigenvalue weighted by Crippen LogP contribution is 2.46. The van der Waals surface area contributed by atoms with Crippen molar-refractivity contribution in [3.05, 3.63) is 34.9 Å². The van der Waals surface area contributed by atoms with E-state index in [-0.39, 0.29) is 17.4 Å². The van der Waals surface area contributed by atoms with Gasteiger partial charge in [-0.15, -0.1) is 0 Å². The summed E-state index contributed by atoms with van der Waals surface area (Å²) in [4.78, 5) is 12.3. The molecule has 2 N–H and O–H groups in total. The van der Waals surface area contributed by atoms with E-state index in [1.807, 2.05) is 18.2 Å². The molecule has 0 aromatic heterocycles. The van der Waals surface area contributed by atoms with Crippen LogP contribution in [-0.4, -0.2) is 19.0 Å². The van der Waals surface area contributed by atoms with Crippen LogP contribution in [0.5, 0.6) is 0 Å². The van der Waals surface area contributed by atoms with Crippen molar-refractivity contribution in [2.24, 2.45) is 5.92 Å². The van der Waals surface area contributed by atoms with Crippen molar-refractivity contribution in [1.29, 1.82) is 0 Å². The third kappa shape index (κ3) is 2.77. The molecule has 1 aliphatic heterocycles. The van der Waals surface area contributed by atoms with Crippen molar-refractivity contribution >= 4 is 17.5 Å². The van der Waals surface area contributed by atoms with E-state index in [9.17, 15) is 4.79 Å². The molecule has 4 heteroatoms. The van der Waals surface area contributed by atoms with E-state index in [1.165, 1.54) is 0 Å². The second-order valence-electron chi connectivity index (χ2n) is 5.61. The summed E-state index contributed by atoms with van der Waals surface area (Å²) in [5, 5.41) is 7.28. The molecule has 3 nitrogen and oxygen atoms in total. The van der Waals surface area contributed by atoms with Gasteiger partial charge in [0.2, 0.25) is 5.91 Å². The molecule has 0 radical (unpaired) electrons. The smallest absolute Gasteiger partial charge is 0.223 e. The van der Waals surface area contributed by atoms with Crippen LogP contribution in [-0.2, 0) is 10.3 Å². The Morgan fingerprint density at radius 2 is 2.05 bits per heavy atom. The van der Waals surface area contributed by atoms with Crippen LogP contribution in [0.1, 0.15) is 31.2 Å². The van der Waals surface area contributed by atoms with Crippen LogP contribution in [0.2, 0.25) is 5.02 Å². The standard InChI is InChI=1S/C15H19ClN2O/c16-13-3-1-2-12(10-13)15(6-7-15)18-14(19)11-4-8-17-9-5-11/h1-3,10-11,17H,4-9H2,(H,18,19). The van der Waals surface area contributed by atoms with Crippen molar-refractivity contribution in [2.45, 2.75) is 31.2 Å². The molecule has 1 saturated heterocycles. The van der Waals surface area contributed by atoms with Gasteiger partial charge in [-0.1, -0.05) is 23.7 Å². The fourth-order valence-corrected chi connectivity index (χ4v) is 3.01. The zero-order valence-corrected chi connectivity index (χ0v) is 11.7. The van der Waals surface area contributed by atoms with Crippen LogP contribution in [0.3, 0.4) is 0 Å². The number of nitrogens with one attached hydrogen (secondary N) is 2. The second kappa shape index (κ2) is 5.14. The summed E-state index contributed by atoms with van der Waals surface area (Å²) < 4.78 is 0. The van der Waals surface area contributed by atoms with Gasteiger partial charge in [-0.3, -0.25) is 4.79 Å². The number of amides is 1. The summed E-state index contributed by atoms with van der Waals surface area (Å²) in [6.07, 6.45) is 3.92. The molecule has 102 valence electrons. The fraction of sp³-hybridized carbons (Fsp3) is 0.533. The lowest BCUT2D eigenvalue weighted by Gasteiger charge is -2.25. The number of hydrogen-bond acceptors (Lipinski definition) is 2. The summed E-state index contributed by atoms with van der Waals surface area (Å²) in [6, 6.07) is 7.85. The number of carbonyl (C=O) groups is 1. The Balaban J connectivity index is 1.70. The Hall–Kier alpha value is -1.06. The average Bonchev–Trinajstić information content (AvgIpc) is 3.21. The third-order valence-corrected chi connectivity index (χ3v) is 4.43. The van der Waals surface area contributed by atoms with E-state index >= 15 is 0 Å². The average molecular weight is 279 g/mol. The highest BCUT2D eigenvalue weighted by molar-refractivity contribution is 6.30. The molecule has 0 unspecified atom stereocenters. The van der Waals surface area contributed by atoms with Crippen molar-refractivity contribution in [2.75, 3.05) is 13.1 Å². The van der Waals surface area contributed by atoms with Crippen LogP contribution in [0.25, 0.3) is 0 Å². The van der Waals surface area contributed by atoms with Gasteiger partial charge in [0.25, 0.3) is 0 Å². The molecule has 1 amide bonds. The molecule has 1 aliphatic carbocycles. The summed E-state index contributed by atoms with van der Waals surface area (Å²) in [5.74, 6) is 0.372. The summed E-state index contributed by atoms with van der Waals surface area (Å²) in [7, 11) is 0. The Bertz CT molecular complexity index is 479. The molecule has 1 heterocycles. The number of halogens is 1. The quantitative estimate of drug-likeness (QED) is 0.892. The maximum absolute atomic E-state index is 12.3. The molecule has 1 aromatic rings. The van der Waals surface area contributed by atoms with Crippen molar-refractivity contribution in [3.8, 4) is 0 Å². The van der Waals surface area contributed by atoms with E-state index in [4.69, 9.17) is 11.6 Å². The number of benzene rings is 1. The van der Waals surface area contributed by atoms with Crippen LogP contribution >= 0.6 is 11.6 Å². The first-order valence-corrected chi connectivity index (χ1v) is 7.36. The molecule has 19 heavy (non-hydrogen) atoms. The molecule has 1 aromatic carbocycles. The molecule has 2 fully saturated rings. The maximum atomic E-state index is 12.3. The molecule has 0 bridgehead atoms. The van der Waals surface area contributed by atoms with E-state index in [2.05, 4.69) is 16.7 Å². The van der Waals surface area contributed by atoms with Gasteiger partial charge in [-0.05, 0) is 56.5 Å². The van der Waals surface area contributed by atoms with Gasteiger partial charge in [0, 0.05) is 10.9 Å². The zero-order valence-electron chi connectivity index (χ0n) is 10.9. The normalized spacial score (nSPS) is 21.9. The highest BCUT2D eigenvalue weighted by atomic mass is 35.5. The van der Waals surface area contributed by atoms with E-state index in [1.54, 1.807) is 0 Å². The number of piperidine rings is 1. The minimum atomic E-state index is -0.146. The predicted octanol–water partition coefficient (Wildman–Crippen LogP) is 2.44. The zero-order chi connectivity index (χ0) is 13.3. The van der Waals surface area contributed by atoms with Gasteiger partial charge in [0.1, 0.15) is 0 Å². The molecule has 1 saturated carbocycles. The van der Waals surface area contributed by atoms with E-state index in [0.717, 1.165) is 49.4 Å². The molecule has 0 spiro atoms.